The first-order valence-electron chi connectivity index (χ1n) is 8.28. The third-order valence-corrected chi connectivity index (χ3v) is 5.68. The van der Waals surface area contributed by atoms with E-state index in [0.717, 1.165) is 4.88 Å². The zero-order valence-electron chi connectivity index (χ0n) is 14.8. The highest BCUT2D eigenvalue weighted by Crippen LogP contribution is 2.26. The summed E-state index contributed by atoms with van der Waals surface area (Å²) in [6, 6.07) is 10.4. The van der Waals surface area contributed by atoms with Crippen LogP contribution in [-0.4, -0.2) is 38.4 Å². The Bertz CT molecular complexity index is 924. The Balaban J connectivity index is 1.72. The Kier molecular flexibility index (Phi) is 6.41. The van der Waals surface area contributed by atoms with E-state index in [1.165, 1.54) is 17.8 Å². The van der Waals surface area contributed by atoms with Crippen LogP contribution in [0.15, 0.2) is 59.6 Å². The molecular formula is C19H19FN4OS2. The van der Waals surface area contributed by atoms with Crippen LogP contribution < -0.4 is 0 Å². The van der Waals surface area contributed by atoms with Crippen molar-refractivity contribution in [3.05, 3.63) is 65.1 Å². The molecule has 0 fully saturated rings. The third kappa shape index (κ3) is 4.64. The fourth-order valence-corrected chi connectivity index (χ4v) is 4.14. The van der Waals surface area contributed by atoms with Gasteiger partial charge in [0, 0.05) is 18.5 Å². The number of halogens is 1. The number of benzene rings is 1. The first-order valence-corrected chi connectivity index (χ1v) is 10.1. The lowest BCUT2D eigenvalue weighted by molar-refractivity contribution is -0.127. The Hall–Kier alpha value is -2.45. The van der Waals surface area contributed by atoms with Crippen LogP contribution in [0.2, 0.25) is 0 Å². The second kappa shape index (κ2) is 8.96. The van der Waals surface area contributed by atoms with Crippen LogP contribution in [0.25, 0.3) is 11.4 Å². The van der Waals surface area contributed by atoms with Gasteiger partial charge in [0.15, 0.2) is 11.0 Å². The number of nitrogens with zero attached hydrogens (tertiary/aromatic N) is 4. The fourth-order valence-electron chi connectivity index (χ4n) is 2.49. The van der Waals surface area contributed by atoms with E-state index in [0.29, 0.717) is 29.6 Å². The van der Waals surface area contributed by atoms with Gasteiger partial charge in [-0.25, -0.2) is 4.39 Å². The minimum atomic E-state index is -0.362. The van der Waals surface area contributed by atoms with Crippen molar-refractivity contribution in [2.24, 2.45) is 0 Å². The van der Waals surface area contributed by atoms with Crippen LogP contribution in [0.1, 0.15) is 4.88 Å². The predicted octanol–water partition coefficient (Wildman–Crippen LogP) is 4.08. The number of thiophene rings is 1. The lowest BCUT2D eigenvalue weighted by Gasteiger charge is -2.16. The molecule has 2 aromatic heterocycles. The molecule has 0 aliphatic heterocycles. The molecule has 0 aliphatic carbocycles. The van der Waals surface area contributed by atoms with Gasteiger partial charge in [-0.3, -0.25) is 9.36 Å². The number of hydrogen-bond acceptors (Lipinski definition) is 5. The molecule has 0 aliphatic rings. The second-order valence-electron chi connectivity index (χ2n) is 5.80. The van der Waals surface area contributed by atoms with Gasteiger partial charge in [0.25, 0.3) is 0 Å². The maximum Gasteiger partial charge on any atom is 0.233 e. The quantitative estimate of drug-likeness (QED) is 0.421. The van der Waals surface area contributed by atoms with E-state index in [9.17, 15) is 9.18 Å². The van der Waals surface area contributed by atoms with Crippen molar-refractivity contribution in [2.45, 2.75) is 18.2 Å². The Morgan fingerprint density at radius 1 is 1.33 bits per heavy atom. The van der Waals surface area contributed by atoms with E-state index in [1.807, 2.05) is 17.5 Å². The molecule has 0 saturated heterocycles. The number of rotatable bonds is 8. The van der Waals surface area contributed by atoms with Crippen LogP contribution in [-0.2, 0) is 17.9 Å². The molecule has 8 heteroatoms. The predicted molar refractivity (Wildman–Crippen MR) is 107 cm³/mol. The third-order valence-electron chi connectivity index (χ3n) is 3.87. The molecule has 140 valence electrons. The minimum absolute atomic E-state index is 0.00556. The molecule has 27 heavy (non-hydrogen) atoms. The number of thioether (sulfide) groups is 1. The summed E-state index contributed by atoms with van der Waals surface area (Å²) in [5, 5.41) is 10.8. The van der Waals surface area contributed by atoms with Crippen LogP contribution in [0.4, 0.5) is 4.39 Å². The van der Waals surface area contributed by atoms with Crippen LogP contribution in [0.3, 0.4) is 0 Å². The molecule has 0 atom stereocenters. The Labute approximate surface area is 165 Å². The fraction of sp³-hybridized carbons (Fsp3) is 0.211. The summed E-state index contributed by atoms with van der Waals surface area (Å²) < 4.78 is 15.9. The normalized spacial score (nSPS) is 10.7. The zero-order chi connectivity index (χ0) is 19.2. The lowest BCUT2D eigenvalue weighted by Crippen LogP contribution is -2.27. The molecule has 5 nitrogen and oxygen atoms in total. The van der Waals surface area contributed by atoms with Gasteiger partial charge in [0.2, 0.25) is 5.91 Å². The van der Waals surface area contributed by atoms with Crippen molar-refractivity contribution in [3.63, 3.8) is 0 Å². The first-order chi connectivity index (χ1) is 13.1. The average molecular weight is 403 g/mol. The van der Waals surface area contributed by atoms with Crippen molar-refractivity contribution in [1.29, 1.82) is 0 Å². The van der Waals surface area contributed by atoms with Gasteiger partial charge in [-0.15, -0.1) is 28.1 Å². The van der Waals surface area contributed by atoms with Gasteiger partial charge >= 0.3 is 0 Å². The molecule has 0 spiro atoms. The summed E-state index contributed by atoms with van der Waals surface area (Å²) in [5.41, 5.74) is 0.375. The molecule has 1 aromatic carbocycles. The van der Waals surface area contributed by atoms with Crippen LogP contribution >= 0.6 is 23.1 Å². The highest BCUT2D eigenvalue weighted by molar-refractivity contribution is 7.99. The summed E-state index contributed by atoms with van der Waals surface area (Å²) in [6.45, 7) is 4.75. The number of carbonyl (C=O) groups excluding carboxylic acids is 1. The number of aromatic nitrogens is 3. The number of carbonyl (C=O) groups is 1. The standard InChI is InChI=1S/C19H19FN4OS2/c1-3-10-24-18(15-8-4-5-9-16(15)20)21-22-19(24)27-13-17(25)23(2)12-14-7-6-11-26-14/h3-9,11H,1,10,12-13H2,2H3. The molecule has 0 N–H and O–H groups in total. The van der Waals surface area contributed by atoms with Gasteiger partial charge in [-0.2, -0.15) is 0 Å². The van der Waals surface area contributed by atoms with Crippen molar-refractivity contribution < 1.29 is 9.18 Å². The van der Waals surface area contributed by atoms with Crippen molar-refractivity contribution >= 4 is 29.0 Å². The molecule has 0 saturated carbocycles. The minimum Gasteiger partial charge on any atom is -0.340 e. The van der Waals surface area contributed by atoms with E-state index < -0.39 is 0 Å². The number of amides is 1. The van der Waals surface area contributed by atoms with Gasteiger partial charge in [0.1, 0.15) is 5.82 Å². The van der Waals surface area contributed by atoms with Gasteiger partial charge in [0.05, 0.1) is 17.9 Å². The highest BCUT2D eigenvalue weighted by Gasteiger charge is 2.18. The number of hydrogen-bond donors (Lipinski definition) is 0. The smallest absolute Gasteiger partial charge is 0.233 e. The molecule has 0 radical (unpaired) electrons. The van der Waals surface area contributed by atoms with E-state index in [-0.39, 0.29) is 17.5 Å². The average Bonchev–Trinajstić information content (AvgIpc) is 3.31. The molecule has 3 rings (SSSR count). The maximum atomic E-state index is 14.1. The zero-order valence-corrected chi connectivity index (χ0v) is 16.5. The van der Waals surface area contributed by atoms with Crippen LogP contribution in [0.5, 0.6) is 0 Å². The Morgan fingerprint density at radius 2 is 2.15 bits per heavy atom. The summed E-state index contributed by atoms with van der Waals surface area (Å²) >= 11 is 2.91. The summed E-state index contributed by atoms with van der Waals surface area (Å²) in [5.74, 6) is 0.288. The van der Waals surface area contributed by atoms with Crippen molar-refractivity contribution in [1.82, 2.24) is 19.7 Å². The van der Waals surface area contributed by atoms with E-state index >= 15 is 0 Å². The largest absolute Gasteiger partial charge is 0.340 e. The lowest BCUT2D eigenvalue weighted by atomic mass is 10.2. The van der Waals surface area contributed by atoms with E-state index in [4.69, 9.17) is 0 Å². The molecule has 0 bridgehead atoms. The Morgan fingerprint density at radius 3 is 2.85 bits per heavy atom. The van der Waals surface area contributed by atoms with Crippen molar-refractivity contribution in [3.8, 4) is 11.4 Å². The topological polar surface area (TPSA) is 51.0 Å². The number of allylic oxidation sites excluding steroid dienone is 1. The molecule has 3 aromatic rings. The second-order valence-corrected chi connectivity index (χ2v) is 7.78. The molecule has 0 unspecified atom stereocenters. The van der Waals surface area contributed by atoms with E-state index in [1.54, 1.807) is 52.1 Å². The highest BCUT2D eigenvalue weighted by atomic mass is 32.2. The van der Waals surface area contributed by atoms with Gasteiger partial charge in [-0.05, 0) is 23.6 Å². The van der Waals surface area contributed by atoms with Gasteiger partial charge < -0.3 is 4.90 Å². The molecule has 1 amide bonds. The molecular weight excluding hydrogens is 383 g/mol. The maximum absolute atomic E-state index is 14.1. The summed E-state index contributed by atoms with van der Waals surface area (Å²) in [4.78, 5) is 15.2. The summed E-state index contributed by atoms with van der Waals surface area (Å²) in [6.07, 6.45) is 1.70. The van der Waals surface area contributed by atoms with Crippen molar-refractivity contribution in [2.75, 3.05) is 12.8 Å². The molecule has 2 heterocycles. The van der Waals surface area contributed by atoms with Crippen LogP contribution in [0, 0.1) is 5.82 Å². The first kappa shape index (κ1) is 19.3. The van der Waals surface area contributed by atoms with E-state index in [2.05, 4.69) is 16.8 Å². The summed E-state index contributed by atoms with van der Waals surface area (Å²) in [7, 11) is 1.78. The monoisotopic (exact) mass is 402 g/mol. The SMILES string of the molecule is C=CCn1c(SCC(=O)N(C)Cc2cccs2)nnc1-c1ccccc1F. The van der Waals surface area contributed by atoms with Gasteiger partial charge in [-0.1, -0.05) is 36.0 Å².